The van der Waals surface area contributed by atoms with Crippen LogP contribution < -0.4 is 10.6 Å². The number of rotatable bonds is 2. The molecule has 3 heteroatoms. The van der Waals surface area contributed by atoms with E-state index < -0.39 is 0 Å². The Bertz CT molecular complexity index is 343. The van der Waals surface area contributed by atoms with Gasteiger partial charge in [-0.3, -0.25) is 0 Å². The molecule has 1 saturated carbocycles. The van der Waals surface area contributed by atoms with E-state index >= 15 is 0 Å². The molecule has 0 atom stereocenters. The van der Waals surface area contributed by atoms with Gasteiger partial charge in [-0.1, -0.05) is 12.8 Å². The maximum atomic E-state index is 6.05. The van der Waals surface area contributed by atoms with E-state index in [0.29, 0.717) is 6.04 Å². The summed E-state index contributed by atoms with van der Waals surface area (Å²) in [4.78, 5) is 6.63. The van der Waals surface area contributed by atoms with Gasteiger partial charge in [0.15, 0.2) is 5.82 Å². The van der Waals surface area contributed by atoms with E-state index in [2.05, 4.69) is 16.9 Å². The predicted molar refractivity (Wildman–Crippen MR) is 64.0 cm³/mol. The highest BCUT2D eigenvalue weighted by Crippen LogP contribution is 2.29. The van der Waals surface area contributed by atoms with Crippen LogP contribution in [0.25, 0.3) is 0 Å². The van der Waals surface area contributed by atoms with Crippen molar-refractivity contribution < 1.29 is 0 Å². The van der Waals surface area contributed by atoms with E-state index in [4.69, 9.17) is 5.73 Å². The fourth-order valence-corrected chi connectivity index (χ4v) is 2.30. The highest BCUT2D eigenvalue weighted by Gasteiger charge is 2.22. The fourth-order valence-electron chi connectivity index (χ4n) is 2.30. The standard InChI is InChI=1S/C12H19N3/c1-9-7-8-14-12(11(9)13)15(2)10-5-3-4-6-10/h7-8,10H,3-6,13H2,1-2H3. The van der Waals surface area contributed by atoms with E-state index in [1.807, 2.05) is 19.2 Å². The average molecular weight is 205 g/mol. The van der Waals surface area contributed by atoms with E-state index in [1.165, 1.54) is 25.7 Å². The molecule has 1 aromatic heterocycles. The minimum Gasteiger partial charge on any atom is -0.396 e. The number of anilines is 2. The Hall–Kier alpha value is -1.25. The highest BCUT2D eigenvalue weighted by atomic mass is 15.2. The van der Waals surface area contributed by atoms with Crippen molar-refractivity contribution in [2.45, 2.75) is 38.6 Å². The number of hydrogen-bond acceptors (Lipinski definition) is 3. The molecular formula is C12H19N3. The molecule has 15 heavy (non-hydrogen) atoms. The van der Waals surface area contributed by atoms with Crippen LogP contribution in [0.5, 0.6) is 0 Å². The van der Waals surface area contributed by atoms with Crippen LogP contribution in [0.3, 0.4) is 0 Å². The molecule has 0 aliphatic heterocycles. The lowest BCUT2D eigenvalue weighted by Crippen LogP contribution is -2.30. The summed E-state index contributed by atoms with van der Waals surface area (Å²) >= 11 is 0. The van der Waals surface area contributed by atoms with Gasteiger partial charge in [-0.25, -0.2) is 4.98 Å². The minimum absolute atomic E-state index is 0.626. The Morgan fingerprint density at radius 3 is 2.73 bits per heavy atom. The highest BCUT2D eigenvalue weighted by molar-refractivity contribution is 5.66. The van der Waals surface area contributed by atoms with Gasteiger partial charge in [-0.15, -0.1) is 0 Å². The van der Waals surface area contributed by atoms with Gasteiger partial charge < -0.3 is 10.6 Å². The van der Waals surface area contributed by atoms with E-state index in [9.17, 15) is 0 Å². The summed E-state index contributed by atoms with van der Waals surface area (Å²) in [5.41, 5.74) is 7.99. The molecule has 1 aliphatic rings. The van der Waals surface area contributed by atoms with Gasteiger partial charge in [-0.2, -0.15) is 0 Å². The lowest BCUT2D eigenvalue weighted by molar-refractivity contribution is 0.647. The van der Waals surface area contributed by atoms with Crippen molar-refractivity contribution in [2.24, 2.45) is 0 Å². The second kappa shape index (κ2) is 4.09. The average Bonchev–Trinajstić information content (AvgIpc) is 2.74. The van der Waals surface area contributed by atoms with Crippen molar-refractivity contribution in [3.05, 3.63) is 17.8 Å². The molecule has 0 unspecified atom stereocenters. The van der Waals surface area contributed by atoms with Crippen molar-refractivity contribution in [3.63, 3.8) is 0 Å². The monoisotopic (exact) mass is 205 g/mol. The third-order valence-electron chi connectivity index (χ3n) is 3.39. The molecule has 0 radical (unpaired) electrons. The fraction of sp³-hybridized carbons (Fsp3) is 0.583. The number of nitrogens with zero attached hydrogens (tertiary/aromatic N) is 2. The van der Waals surface area contributed by atoms with Crippen molar-refractivity contribution in [3.8, 4) is 0 Å². The van der Waals surface area contributed by atoms with Gasteiger partial charge in [0, 0.05) is 19.3 Å². The second-order valence-electron chi connectivity index (χ2n) is 4.41. The lowest BCUT2D eigenvalue weighted by atomic mass is 10.2. The van der Waals surface area contributed by atoms with Crippen LogP contribution in [-0.4, -0.2) is 18.1 Å². The molecule has 2 N–H and O–H groups in total. The first-order chi connectivity index (χ1) is 7.20. The Balaban J connectivity index is 2.24. The van der Waals surface area contributed by atoms with Crippen molar-refractivity contribution >= 4 is 11.5 Å². The molecule has 0 aromatic carbocycles. The molecule has 1 heterocycles. The Labute approximate surface area is 91.3 Å². The molecule has 1 aliphatic carbocycles. The number of pyridine rings is 1. The molecule has 1 aromatic rings. The summed E-state index contributed by atoms with van der Waals surface area (Å²) in [5, 5.41) is 0. The third kappa shape index (κ3) is 1.91. The molecular weight excluding hydrogens is 186 g/mol. The number of aryl methyl sites for hydroxylation is 1. The third-order valence-corrected chi connectivity index (χ3v) is 3.39. The van der Waals surface area contributed by atoms with E-state index in [-0.39, 0.29) is 0 Å². The molecule has 82 valence electrons. The van der Waals surface area contributed by atoms with Crippen LogP contribution in [0.1, 0.15) is 31.2 Å². The zero-order valence-corrected chi connectivity index (χ0v) is 9.53. The summed E-state index contributed by atoms with van der Waals surface area (Å²) in [6.07, 6.45) is 7.05. The SMILES string of the molecule is Cc1ccnc(N(C)C2CCCC2)c1N. The van der Waals surface area contributed by atoms with Crippen molar-refractivity contribution in [2.75, 3.05) is 17.7 Å². The van der Waals surface area contributed by atoms with Crippen LogP contribution in [0.15, 0.2) is 12.3 Å². The van der Waals surface area contributed by atoms with Gasteiger partial charge in [0.2, 0.25) is 0 Å². The quantitative estimate of drug-likeness (QED) is 0.806. The first-order valence-corrected chi connectivity index (χ1v) is 5.64. The summed E-state index contributed by atoms with van der Waals surface area (Å²) in [7, 11) is 2.11. The zero-order valence-electron chi connectivity index (χ0n) is 9.53. The van der Waals surface area contributed by atoms with Crippen molar-refractivity contribution in [1.82, 2.24) is 4.98 Å². The van der Waals surface area contributed by atoms with Gasteiger partial charge >= 0.3 is 0 Å². The number of nitrogens with two attached hydrogens (primary N) is 1. The van der Waals surface area contributed by atoms with E-state index in [1.54, 1.807) is 0 Å². The number of aromatic nitrogens is 1. The van der Waals surface area contributed by atoms with Gasteiger partial charge in [0.1, 0.15) is 0 Å². The minimum atomic E-state index is 0.626. The Morgan fingerprint density at radius 2 is 2.07 bits per heavy atom. The maximum absolute atomic E-state index is 6.05. The molecule has 0 spiro atoms. The smallest absolute Gasteiger partial charge is 0.152 e. The van der Waals surface area contributed by atoms with Gasteiger partial charge in [-0.05, 0) is 31.4 Å². The maximum Gasteiger partial charge on any atom is 0.152 e. The van der Waals surface area contributed by atoms with Crippen LogP contribution in [0.4, 0.5) is 11.5 Å². The molecule has 2 rings (SSSR count). The van der Waals surface area contributed by atoms with Crippen LogP contribution in [-0.2, 0) is 0 Å². The summed E-state index contributed by atoms with van der Waals surface area (Å²) < 4.78 is 0. The number of hydrogen-bond donors (Lipinski definition) is 1. The summed E-state index contributed by atoms with van der Waals surface area (Å²) in [5.74, 6) is 0.946. The first-order valence-electron chi connectivity index (χ1n) is 5.64. The van der Waals surface area contributed by atoms with E-state index in [0.717, 1.165) is 17.1 Å². The molecule has 0 bridgehead atoms. The summed E-state index contributed by atoms with van der Waals surface area (Å²) in [6, 6.07) is 2.59. The van der Waals surface area contributed by atoms with Crippen LogP contribution in [0, 0.1) is 6.92 Å². The lowest BCUT2D eigenvalue weighted by Gasteiger charge is -2.26. The molecule has 3 nitrogen and oxygen atoms in total. The largest absolute Gasteiger partial charge is 0.396 e. The topological polar surface area (TPSA) is 42.2 Å². The van der Waals surface area contributed by atoms with Crippen LogP contribution >= 0.6 is 0 Å². The normalized spacial score (nSPS) is 16.9. The molecule has 1 fully saturated rings. The Morgan fingerprint density at radius 1 is 1.40 bits per heavy atom. The van der Waals surface area contributed by atoms with Gasteiger partial charge in [0.25, 0.3) is 0 Å². The molecule has 0 amide bonds. The van der Waals surface area contributed by atoms with Crippen LogP contribution in [0.2, 0.25) is 0 Å². The zero-order chi connectivity index (χ0) is 10.8. The predicted octanol–water partition coefficient (Wildman–Crippen LogP) is 2.35. The molecule has 0 saturated heterocycles. The van der Waals surface area contributed by atoms with Crippen molar-refractivity contribution in [1.29, 1.82) is 0 Å². The number of nitrogen functional groups attached to an aromatic ring is 1. The van der Waals surface area contributed by atoms with Gasteiger partial charge in [0.05, 0.1) is 5.69 Å². The second-order valence-corrected chi connectivity index (χ2v) is 4.41. The summed E-state index contributed by atoms with van der Waals surface area (Å²) in [6.45, 7) is 2.03. The Kier molecular flexibility index (Phi) is 2.80. The first kappa shape index (κ1) is 10.3.